The third-order valence-electron chi connectivity index (χ3n) is 5.90. The van der Waals surface area contributed by atoms with Gasteiger partial charge in [0, 0.05) is 10.8 Å². The summed E-state index contributed by atoms with van der Waals surface area (Å²) < 4.78 is 0. The topological polar surface area (TPSA) is 17.1 Å². The smallest absolute Gasteiger partial charge is 0.145 e. The third-order valence-corrected chi connectivity index (χ3v) is 5.90. The molecule has 0 amide bonds. The molecule has 96 valence electrons. The highest BCUT2D eigenvalue weighted by Gasteiger charge is 2.52. The Morgan fingerprint density at radius 1 is 0.529 bits per heavy atom. The predicted molar refractivity (Wildman–Crippen MR) is 69.9 cm³/mol. The summed E-state index contributed by atoms with van der Waals surface area (Å²) in [7, 11) is 0. The highest BCUT2D eigenvalue weighted by molar-refractivity contribution is 5.91. The molecule has 1 nitrogen and oxygen atoms in total. The van der Waals surface area contributed by atoms with Gasteiger partial charge in [0.1, 0.15) is 5.78 Å². The van der Waals surface area contributed by atoms with E-state index in [1.165, 1.54) is 83.5 Å². The Morgan fingerprint density at radius 2 is 0.882 bits per heavy atom. The van der Waals surface area contributed by atoms with Crippen LogP contribution in [0.15, 0.2) is 0 Å². The lowest BCUT2D eigenvalue weighted by Crippen LogP contribution is -2.49. The van der Waals surface area contributed by atoms with Gasteiger partial charge in [-0.15, -0.1) is 0 Å². The van der Waals surface area contributed by atoms with Crippen LogP contribution in [0.3, 0.4) is 0 Å². The summed E-state index contributed by atoms with van der Waals surface area (Å²) in [5.41, 5.74) is 0.293. The Hall–Kier alpha value is -0.330. The Balaban J connectivity index is 1.84. The minimum atomic E-state index is 0.147. The van der Waals surface area contributed by atoms with Gasteiger partial charge in [-0.1, -0.05) is 44.9 Å². The monoisotopic (exact) mass is 234 g/mol. The summed E-state index contributed by atoms with van der Waals surface area (Å²) in [6, 6.07) is 0. The number of rotatable bonds is 0. The van der Waals surface area contributed by atoms with Crippen molar-refractivity contribution in [2.24, 2.45) is 10.8 Å². The molecule has 0 aromatic heterocycles. The molecule has 0 unspecified atom stereocenters. The minimum absolute atomic E-state index is 0.147. The van der Waals surface area contributed by atoms with Crippen LogP contribution in [0.25, 0.3) is 0 Å². The number of carbonyl (C=O) groups is 1. The zero-order valence-corrected chi connectivity index (χ0v) is 11.1. The van der Waals surface area contributed by atoms with Gasteiger partial charge >= 0.3 is 0 Å². The van der Waals surface area contributed by atoms with Crippen molar-refractivity contribution < 1.29 is 4.79 Å². The summed E-state index contributed by atoms with van der Waals surface area (Å²) in [6.07, 6.45) is 16.6. The molecule has 3 aliphatic rings. The van der Waals surface area contributed by atoms with Crippen LogP contribution in [0.4, 0.5) is 0 Å². The predicted octanol–water partition coefficient (Wildman–Crippen LogP) is 4.64. The normalized spacial score (nSPS) is 31.9. The molecular weight excluding hydrogens is 208 g/mol. The van der Waals surface area contributed by atoms with Crippen LogP contribution in [-0.2, 0) is 4.79 Å². The van der Waals surface area contributed by atoms with Crippen LogP contribution in [0.1, 0.15) is 83.5 Å². The lowest BCUT2D eigenvalue weighted by atomic mass is 9.53. The molecule has 0 aromatic rings. The molecule has 17 heavy (non-hydrogen) atoms. The van der Waals surface area contributed by atoms with Crippen molar-refractivity contribution in [2.45, 2.75) is 83.5 Å². The van der Waals surface area contributed by atoms with Gasteiger partial charge in [0.2, 0.25) is 0 Å². The van der Waals surface area contributed by atoms with Crippen molar-refractivity contribution >= 4 is 5.78 Å². The molecular formula is C16H26O. The molecule has 1 heteroatoms. The largest absolute Gasteiger partial charge is 0.298 e. The second-order valence-corrected chi connectivity index (χ2v) is 6.86. The molecule has 0 atom stereocenters. The molecule has 3 fully saturated rings. The van der Waals surface area contributed by atoms with E-state index in [9.17, 15) is 4.79 Å². The molecule has 3 rings (SSSR count). The van der Waals surface area contributed by atoms with E-state index in [1.807, 2.05) is 0 Å². The van der Waals surface area contributed by atoms with E-state index in [2.05, 4.69) is 0 Å². The fraction of sp³-hybridized carbons (Fsp3) is 0.938. The summed E-state index contributed by atoms with van der Waals surface area (Å²) >= 11 is 0. The average molecular weight is 234 g/mol. The van der Waals surface area contributed by atoms with Crippen molar-refractivity contribution in [3.05, 3.63) is 0 Å². The summed E-state index contributed by atoms with van der Waals surface area (Å²) in [5, 5.41) is 0. The van der Waals surface area contributed by atoms with Crippen LogP contribution in [-0.4, -0.2) is 5.78 Å². The number of carbonyl (C=O) groups excluding carboxylic acids is 1. The van der Waals surface area contributed by atoms with E-state index in [0.717, 1.165) is 5.78 Å². The van der Waals surface area contributed by atoms with Gasteiger partial charge in [0.15, 0.2) is 0 Å². The van der Waals surface area contributed by atoms with E-state index < -0.39 is 0 Å². The Kier molecular flexibility index (Phi) is 3.04. The van der Waals surface area contributed by atoms with Crippen LogP contribution >= 0.6 is 0 Å². The van der Waals surface area contributed by atoms with Crippen LogP contribution in [0.5, 0.6) is 0 Å². The highest BCUT2D eigenvalue weighted by Crippen LogP contribution is 2.55. The van der Waals surface area contributed by atoms with E-state index in [0.29, 0.717) is 0 Å². The quantitative estimate of drug-likeness (QED) is 0.596. The van der Waals surface area contributed by atoms with Gasteiger partial charge in [0.25, 0.3) is 0 Å². The molecule has 0 radical (unpaired) electrons. The maximum Gasteiger partial charge on any atom is 0.145 e. The molecule has 0 N–H and O–H groups in total. The molecule has 3 saturated carbocycles. The van der Waals surface area contributed by atoms with Crippen molar-refractivity contribution in [1.29, 1.82) is 0 Å². The van der Waals surface area contributed by atoms with Crippen molar-refractivity contribution in [3.8, 4) is 0 Å². The molecule has 0 bridgehead atoms. The van der Waals surface area contributed by atoms with Crippen molar-refractivity contribution in [1.82, 2.24) is 0 Å². The van der Waals surface area contributed by atoms with E-state index in [-0.39, 0.29) is 10.8 Å². The summed E-state index contributed by atoms with van der Waals surface area (Å²) in [5.74, 6) is 0.718. The second-order valence-electron chi connectivity index (χ2n) is 6.86. The van der Waals surface area contributed by atoms with E-state index >= 15 is 0 Å². The Bertz CT molecular complexity index is 254. The first-order valence-electron chi connectivity index (χ1n) is 7.83. The molecule has 0 saturated heterocycles. The first kappa shape index (κ1) is 11.7. The molecule has 3 aliphatic carbocycles. The van der Waals surface area contributed by atoms with Gasteiger partial charge in [0.05, 0.1) is 0 Å². The standard InChI is InChI=1S/C16H26O/c17-14-15(8-3-1-4-9-15)12-7-13-16(14)10-5-2-6-11-16/h1-13H2. The fourth-order valence-electron chi connectivity index (χ4n) is 4.97. The van der Waals surface area contributed by atoms with Gasteiger partial charge in [-0.2, -0.15) is 0 Å². The summed E-state index contributed by atoms with van der Waals surface area (Å²) in [6.45, 7) is 0. The van der Waals surface area contributed by atoms with Gasteiger partial charge in [-0.25, -0.2) is 0 Å². The Labute approximate surface area is 105 Å². The number of hydrogen-bond acceptors (Lipinski definition) is 1. The zero-order chi connectivity index (χ0) is 11.8. The lowest BCUT2D eigenvalue weighted by Gasteiger charge is -2.49. The number of hydrogen-bond donors (Lipinski definition) is 0. The van der Waals surface area contributed by atoms with Crippen LogP contribution in [0.2, 0.25) is 0 Å². The first-order valence-corrected chi connectivity index (χ1v) is 7.83. The second kappa shape index (κ2) is 4.40. The maximum absolute atomic E-state index is 13.1. The van der Waals surface area contributed by atoms with Gasteiger partial charge < -0.3 is 0 Å². The van der Waals surface area contributed by atoms with Crippen molar-refractivity contribution in [3.63, 3.8) is 0 Å². The van der Waals surface area contributed by atoms with Crippen molar-refractivity contribution in [2.75, 3.05) is 0 Å². The van der Waals surface area contributed by atoms with E-state index in [4.69, 9.17) is 0 Å². The minimum Gasteiger partial charge on any atom is -0.298 e. The number of ketones is 1. The Morgan fingerprint density at radius 3 is 1.29 bits per heavy atom. The van der Waals surface area contributed by atoms with Gasteiger partial charge in [-0.3, -0.25) is 4.79 Å². The zero-order valence-electron chi connectivity index (χ0n) is 11.1. The molecule has 0 heterocycles. The van der Waals surface area contributed by atoms with Crippen LogP contribution < -0.4 is 0 Å². The van der Waals surface area contributed by atoms with Gasteiger partial charge in [-0.05, 0) is 38.5 Å². The van der Waals surface area contributed by atoms with Crippen LogP contribution in [0, 0.1) is 10.8 Å². The maximum atomic E-state index is 13.1. The fourth-order valence-corrected chi connectivity index (χ4v) is 4.97. The third kappa shape index (κ3) is 1.86. The lowest BCUT2D eigenvalue weighted by molar-refractivity contribution is -0.149. The highest BCUT2D eigenvalue weighted by atomic mass is 16.1. The number of Topliss-reactive ketones (excluding diaryl/α,β-unsaturated/α-hetero) is 1. The molecule has 0 aromatic carbocycles. The van der Waals surface area contributed by atoms with E-state index in [1.54, 1.807) is 0 Å². The average Bonchev–Trinajstić information content (AvgIpc) is 2.39. The SMILES string of the molecule is O=C1C2(CCCCC2)CCCC12CCCCC2. The molecule has 2 spiro atoms. The molecule has 0 aliphatic heterocycles. The first-order chi connectivity index (χ1) is 8.28. The summed E-state index contributed by atoms with van der Waals surface area (Å²) in [4.78, 5) is 13.1.